The lowest BCUT2D eigenvalue weighted by atomic mass is 10.0. The van der Waals surface area contributed by atoms with Crippen molar-refractivity contribution in [1.29, 1.82) is 0 Å². The van der Waals surface area contributed by atoms with Crippen molar-refractivity contribution in [3.05, 3.63) is 255 Å². The van der Waals surface area contributed by atoms with Crippen LogP contribution in [0.5, 0.6) is 0 Å². The molecule has 10 aromatic carbocycles. The van der Waals surface area contributed by atoms with Gasteiger partial charge >= 0.3 is 0 Å². The van der Waals surface area contributed by atoms with E-state index in [9.17, 15) is 4.39 Å². The fraction of sp³-hybridized carbons (Fsp3) is 0. The molecule has 0 saturated heterocycles. The van der Waals surface area contributed by atoms with Gasteiger partial charge in [-0.15, -0.1) is 0 Å². The Labute approximate surface area is 362 Å². The molecule has 11 rings (SSSR count). The van der Waals surface area contributed by atoms with Crippen LogP contribution >= 0.6 is 0 Å². The smallest absolute Gasteiger partial charge is 0.179 e. The highest BCUT2D eigenvalue weighted by atomic mass is 28.3. The van der Waals surface area contributed by atoms with Gasteiger partial charge in [-0.05, 0) is 115 Å². The Kier molecular flexibility index (Phi) is 9.41. The molecule has 4 heteroatoms. The summed E-state index contributed by atoms with van der Waals surface area (Å²) in [4.78, 5) is 2.36. The molecule has 11 aromatic rings. The second-order valence-corrected chi connectivity index (χ2v) is 19.7. The van der Waals surface area contributed by atoms with Gasteiger partial charge in [0.05, 0.1) is 11.0 Å². The van der Waals surface area contributed by atoms with Crippen LogP contribution in [0.25, 0.3) is 49.4 Å². The van der Waals surface area contributed by atoms with Crippen LogP contribution in [0.15, 0.2) is 249 Å². The maximum atomic E-state index is 14.5. The summed E-state index contributed by atoms with van der Waals surface area (Å²) >= 11 is 0. The predicted molar refractivity (Wildman–Crippen MR) is 262 cm³/mol. The SMILES string of the molecule is Fc1ccc(-n2c3ccc(N(c4ccc(-c5ccccc5)cc4)c4ccc5ccccc5c4)cc3c3cc([Si](c4ccccc4)(c4ccccc4)c4ccccc4)ccc32)cc1. The molecule has 1 aromatic heterocycles. The van der Waals surface area contributed by atoms with Crippen molar-refractivity contribution in [2.45, 2.75) is 0 Å². The third-order valence-electron chi connectivity index (χ3n) is 12.4. The monoisotopic (exact) mass is 812 g/mol. The van der Waals surface area contributed by atoms with Gasteiger partial charge in [0.2, 0.25) is 0 Å². The molecule has 294 valence electrons. The zero-order valence-corrected chi connectivity index (χ0v) is 34.9. The minimum absolute atomic E-state index is 0.257. The summed E-state index contributed by atoms with van der Waals surface area (Å²) in [5.74, 6) is -0.257. The van der Waals surface area contributed by atoms with E-state index in [1.165, 1.54) is 42.6 Å². The Balaban J connectivity index is 1.18. The Bertz CT molecular complexity index is 3230. The summed E-state index contributed by atoms with van der Waals surface area (Å²) in [6.07, 6.45) is 0. The molecule has 0 fully saturated rings. The van der Waals surface area contributed by atoms with Crippen molar-refractivity contribution in [3.8, 4) is 16.8 Å². The lowest BCUT2D eigenvalue weighted by Gasteiger charge is -2.34. The fourth-order valence-corrected chi connectivity index (χ4v) is 14.3. The van der Waals surface area contributed by atoms with Crippen molar-refractivity contribution in [1.82, 2.24) is 4.57 Å². The van der Waals surface area contributed by atoms with Gasteiger partial charge in [0.15, 0.2) is 8.07 Å². The molecule has 0 aliphatic heterocycles. The molecule has 0 N–H and O–H groups in total. The molecule has 0 amide bonds. The Hall–Kier alpha value is -7.79. The van der Waals surface area contributed by atoms with E-state index in [1.807, 2.05) is 12.1 Å². The molecular weight excluding hydrogens is 772 g/mol. The molecule has 0 aliphatic rings. The molecule has 1 heterocycles. The standard InChI is InChI=1S/C58H41FN2Si/c59-46-28-33-48(34-29-46)61-57-37-35-50(60(49-32-27-43-17-13-14-18-45(43)39-49)47-30-25-44(26-31-47)42-15-5-1-6-16-42)40-55(57)56-41-54(36-38-58(56)61)62(51-19-7-2-8-20-51,52-21-9-3-10-22-52)53-23-11-4-12-24-53/h1-41H. The minimum Gasteiger partial charge on any atom is -0.310 e. The highest BCUT2D eigenvalue weighted by Gasteiger charge is 2.41. The van der Waals surface area contributed by atoms with Gasteiger partial charge in [-0.25, -0.2) is 4.39 Å². The average molecular weight is 813 g/mol. The van der Waals surface area contributed by atoms with E-state index >= 15 is 0 Å². The molecule has 0 atom stereocenters. The number of hydrogen-bond acceptors (Lipinski definition) is 1. The van der Waals surface area contributed by atoms with Crippen LogP contribution in [0.2, 0.25) is 0 Å². The summed E-state index contributed by atoms with van der Waals surface area (Å²) in [6.45, 7) is 0. The number of benzene rings is 10. The molecule has 2 nitrogen and oxygen atoms in total. The van der Waals surface area contributed by atoms with Crippen LogP contribution in [0.4, 0.5) is 21.5 Å². The van der Waals surface area contributed by atoms with Crippen molar-refractivity contribution in [2.75, 3.05) is 4.90 Å². The number of hydrogen-bond donors (Lipinski definition) is 0. The first-order chi connectivity index (χ1) is 30.6. The number of anilines is 3. The minimum atomic E-state index is -2.85. The molecule has 0 saturated carbocycles. The third-order valence-corrected chi connectivity index (χ3v) is 17.1. The molecule has 0 radical (unpaired) electrons. The van der Waals surface area contributed by atoms with Crippen molar-refractivity contribution < 1.29 is 4.39 Å². The first kappa shape index (κ1) is 37.2. The highest BCUT2D eigenvalue weighted by molar-refractivity contribution is 7.20. The molecule has 0 spiro atoms. The number of aromatic nitrogens is 1. The van der Waals surface area contributed by atoms with Crippen LogP contribution in [0.1, 0.15) is 0 Å². The number of fused-ring (bicyclic) bond motifs is 4. The number of halogens is 1. The van der Waals surface area contributed by atoms with E-state index in [0.717, 1.165) is 44.6 Å². The molecule has 0 aliphatic carbocycles. The van der Waals surface area contributed by atoms with Gasteiger partial charge < -0.3 is 9.47 Å². The summed E-state index contributed by atoms with van der Waals surface area (Å²) in [5, 5.41) is 9.89. The largest absolute Gasteiger partial charge is 0.310 e. The number of rotatable bonds is 9. The lowest BCUT2D eigenvalue weighted by Crippen LogP contribution is -2.74. The van der Waals surface area contributed by atoms with Gasteiger partial charge in [-0.2, -0.15) is 0 Å². The summed E-state index contributed by atoms with van der Waals surface area (Å²) in [6, 6.07) is 88.6. The first-order valence-corrected chi connectivity index (χ1v) is 23.1. The Morgan fingerprint density at radius 1 is 0.339 bits per heavy atom. The maximum absolute atomic E-state index is 14.5. The van der Waals surface area contributed by atoms with Gasteiger partial charge in [-0.3, -0.25) is 0 Å². The maximum Gasteiger partial charge on any atom is 0.179 e. The lowest BCUT2D eigenvalue weighted by molar-refractivity contribution is 0.627. The molecular formula is C58H41FN2Si. The highest BCUT2D eigenvalue weighted by Crippen LogP contribution is 2.41. The van der Waals surface area contributed by atoms with Crippen LogP contribution in [0.3, 0.4) is 0 Å². The van der Waals surface area contributed by atoms with Crippen molar-refractivity contribution in [2.24, 2.45) is 0 Å². The van der Waals surface area contributed by atoms with E-state index in [0.29, 0.717) is 0 Å². The third kappa shape index (κ3) is 6.40. The van der Waals surface area contributed by atoms with Crippen LogP contribution in [-0.4, -0.2) is 12.6 Å². The zero-order valence-electron chi connectivity index (χ0n) is 33.9. The normalized spacial score (nSPS) is 11.6. The average Bonchev–Trinajstić information content (AvgIpc) is 3.67. The van der Waals surface area contributed by atoms with Gasteiger partial charge in [0, 0.05) is 33.5 Å². The second-order valence-electron chi connectivity index (χ2n) is 15.9. The van der Waals surface area contributed by atoms with Gasteiger partial charge in [0.1, 0.15) is 5.82 Å². The Morgan fingerprint density at radius 3 is 1.42 bits per heavy atom. The van der Waals surface area contributed by atoms with Gasteiger partial charge in [-0.1, -0.05) is 176 Å². The van der Waals surface area contributed by atoms with Crippen LogP contribution < -0.4 is 25.6 Å². The van der Waals surface area contributed by atoms with E-state index in [2.05, 4.69) is 234 Å². The summed E-state index contributed by atoms with van der Waals surface area (Å²) in [7, 11) is -2.85. The summed E-state index contributed by atoms with van der Waals surface area (Å²) < 4.78 is 16.8. The van der Waals surface area contributed by atoms with Crippen LogP contribution in [-0.2, 0) is 0 Å². The van der Waals surface area contributed by atoms with Crippen LogP contribution in [0, 0.1) is 5.82 Å². The van der Waals surface area contributed by atoms with E-state index < -0.39 is 8.07 Å². The molecule has 62 heavy (non-hydrogen) atoms. The van der Waals surface area contributed by atoms with Gasteiger partial charge in [0.25, 0.3) is 0 Å². The van der Waals surface area contributed by atoms with Crippen molar-refractivity contribution in [3.63, 3.8) is 0 Å². The van der Waals surface area contributed by atoms with E-state index in [-0.39, 0.29) is 5.82 Å². The zero-order chi connectivity index (χ0) is 41.5. The topological polar surface area (TPSA) is 8.17 Å². The fourth-order valence-electron chi connectivity index (χ4n) is 9.51. The Morgan fingerprint density at radius 2 is 0.806 bits per heavy atom. The molecule has 0 bridgehead atoms. The van der Waals surface area contributed by atoms with E-state index in [4.69, 9.17) is 0 Å². The molecule has 0 unspecified atom stereocenters. The van der Waals surface area contributed by atoms with Crippen molar-refractivity contribution >= 4 is 78.5 Å². The first-order valence-electron chi connectivity index (χ1n) is 21.1. The quantitative estimate of drug-likeness (QED) is 0.104. The van der Waals surface area contributed by atoms with E-state index in [1.54, 1.807) is 12.1 Å². The second kappa shape index (κ2) is 15.7. The number of nitrogens with zero attached hydrogens (tertiary/aromatic N) is 2. The predicted octanol–water partition coefficient (Wildman–Crippen LogP) is 12.6. The summed E-state index contributed by atoms with van der Waals surface area (Å²) in [5.41, 5.74) is 8.55.